The first-order valence-corrected chi connectivity index (χ1v) is 5.74. The first-order valence-electron chi connectivity index (χ1n) is 4.95. The fourth-order valence-electron chi connectivity index (χ4n) is 1.88. The number of fused-ring (bicyclic) bond motifs is 1. The van der Waals surface area contributed by atoms with Gasteiger partial charge < -0.3 is 0 Å². The Morgan fingerprint density at radius 1 is 1.00 bits per heavy atom. The van der Waals surface area contributed by atoms with Gasteiger partial charge >= 0.3 is 0 Å². The summed E-state index contributed by atoms with van der Waals surface area (Å²) in [4.78, 5) is 0. The van der Waals surface area contributed by atoms with E-state index in [2.05, 4.69) is 29.1 Å². The van der Waals surface area contributed by atoms with Crippen LogP contribution in [0.4, 0.5) is 0 Å². The first-order chi connectivity index (χ1) is 7.70. The molecule has 0 nitrogen and oxygen atoms in total. The van der Waals surface area contributed by atoms with Crippen molar-refractivity contribution in [3.63, 3.8) is 0 Å². The molecular formula is C14H10BBr. The van der Waals surface area contributed by atoms with Crippen LogP contribution in [0.15, 0.2) is 41.9 Å². The standard InChI is InChI=1S/C14H10BBr/c1-3-9-10(4-2)14(16)12-8-6-5-7-11(12)13(9)15/h3-8H,1-2H2. The van der Waals surface area contributed by atoms with Crippen LogP contribution in [-0.4, -0.2) is 7.85 Å². The van der Waals surface area contributed by atoms with Crippen LogP contribution in [0.2, 0.25) is 0 Å². The molecule has 2 rings (SSSR count). The van der Waals surface area contributed by atoms with Gasteiger partial charge in [-0.3, -0.25) is 0 Å². The number of hydrogen-bond donors (Lipinski definition) is 0. The largest absolute Gasteiger partial charge is 0.115 e. The highest BCUT2D eigenvalue weighted by Gasteiger charge is 2.10. The van der Waals surface area contributed by atoms with Crippen molar-refractivity contribution >= 4 is 52.2 Å². The summed E-state index contributed by atoms with van der Waals surface area (Å²) >= 11 is 3.59. The van der Waals surface area contributed by atoms with Gasteiger partial charge in [-0.15, -0.1) is 0 Å². The Bertz CT molecular complexity index is 532. The lowest BCUT2D eigenvalue weighted by molar-refractivity contribution is 1.66. The lowest BCUT2D eigenvalue weighted by atomic mass is 9.83. The third-order valence-corrected chi connectivity index (χ3v) is 3.53. The Morgan fingerprint density at radius 3 is 2.12 bits per heavy atom. The number of halogens is 1. The minimum absolute atomic E-state index is 0.753. The predicted octanol–water partition coefficient (Wildman–Crippen LogP) is 3.68. The van der Waals surface area contributed by atoms with Crippen LogP contribution in [-0.2, 0) is 0 Å². The second-order valence-corrected chi connectivity index (χ2v) is 4.30. The van der Waals surface area contributed by atoms with E-state index in [-0.39, 0.29) is 0 Å². The van der Waals surface area contributed by atoms with E-state index in [4.69, 9.17) is 7.85 Å². The summed E-state index contributed by atoms with van der Waals surface area (Å²) in [5, 5.41) is 2.13. The molecule has 2 aromatic carbocycles. The molecule has 0 saturated heterocycles. The molecule has 0 aliphatic heterocycles. The minimum Gasteiger partial charge on any atom is -0.0985 e. The lowest BCUT2D eigenvalue weighted by Gasteiger charge is -2.13. The van der Waals surface area contributed by atoms with Crippen LogP contribution < -0.4 is 5.46 Å². The Labute approximate surface area is 105 Å². The van der Waals surface area contributed by atoms with Crippen LogP contribution >= 0.6 is 15.9 Å². The average Bonchev–Trinajstić information content (AvgIpc) is 2.33. The molecule has 76 valence electrons. The number of rotatable bonds is 2. The van der Waals surface area contributed by atoms with Gasteiger partial charge in [-0.05, 0) is 37.8 Å². The van der Waals surface area contributed by atoms with Gasteiger partial charge in [-0.2, -0.15) is 0 Å². The molecule has 0 unspecified atom stereocenters. The molecule has 0 saturated carbocycles. The van der Waals surface area contributed by atoms with Gasteiger partial charge in [-0.1, -0.05) is 55.0 Å². The Morgan fingerprint density at radius 2 is 1.56 bits per heavy atom. The molecule has 0 amide bonds. The zero-order chi connectivity index (χ0) is 11.7. The maximum Gasteiger partial charge on any atom is 0.115 e. The van der Waals surface area contributed by atoms with Gasteiger partial charge in [0, 0.05) is 4.47 Å². The smallest absolute Gasteiger partial charge is 0.0985 e. The van der Waals surface area contributed by atoms with E-state index in [0.717, 1.165) is 31.8 Å². The molecular weight excluding hydrogens is 259 g/mol. The van der Waals surface area contributed by atoms with Gasteiger partial charge in [0.1, 0.15) is 7.85 Å². The van der Waals surface area contributed by atoms with Crippen LogP contribution in [0, 0.1) is 0 Å². The van der Waals surface area contributed by atoms with Crippen LogP contribution in [0.25, 0.3) is 22.9 Å². The SMILES string of the molecule is [B]c1c(C=C)c(C=C)c(Br)c2ccccc12. The topological polar surface area (TPSA) is 0 Å². The summed E-state index contributed by atoms with van der Waals surface area (Å²) < 4.78 is 1.02. The van der Waals surface area contributed by atoms with Crippen molar-refractivity contribution in [1.29, 1.82) is 0 Å². The van der Waals surface area contributed by atoms with E-state index in [0.29, 0.717) is 0 Å². The molecule has 0 fully saturated rings. The number of hydrogen-bond acceptors (Lipinski definition) is 0. The van der Waals surface area contributed by atoms with Crippen LogP contribution in [0.3, 0.4) is 0 Å². The zero-order valence-corrected chi connectivity index (χ0v) is 10.4. The lowest BCUT2D eigenvalue weighted by Crippen LogP contribution is -2.11. The van der Waals surface area contributed by atoms with Gasteiger partial charge in [0.05, 0.1) is 0 Å². The minimum atomic E-state index is 0.753. The molecule has 0 aliphatic rings. The van der Waals surface area contributed by atoms with E-state index >= 15 is 0 Å². The van der Waals surface area contributed by atoms with Crippen molar-refractivity contribution in [1.82, 2.24) is 0 Å². The van der Waals surface area contributed by atoms with Crippen molar-refractivity contribution in [2.24, 2.45) is 0 Å². The van der Waals surface area contributed by atoms with Gasteiger partial charge in [0.15, 0.2) is 0 Å². The molecule has 2 radical (unpaired) electrons. The zero-order valence-electron chi connectivity index (χ0n) is 8.83. The summed E-state index contributed by atoms with van der Waals surface area (Å²) in [5.74, 6) is 0. The fourth-order valence-corrected chi connectivity index (χ4v) is 2.60. The van der Waals surface area contributed by atoms with Gasteiger partial charge in [-0.25, -0.2) is 0 Å². The molecule has 2 aromatic rings. The quantitative estimate of drug-likeness (QED) is 0.729. The van der Waals surface area contributed by atoms with Crippen molar-refractivity contribution in [2.45, 2.75) is 0 Å². The fraction of sp³-hybridized carbons (Fsp3) is 0. The highest BCUT2D eigenvalue weighted by Crippen LogP contribution is 2.30. The number of benzene rings is 2. The summed E-state index contributed by atoms with van der Waals surface area (Å²) in [6.45, 7) is 7.61. The van der Waals surface area contributed by atoms with Gasteiger partial charge in [0.25, 0.3) is 0 Å². The third kappa shape index (κ3) is 1.54. The molecule has 0 spiro atoms. The van der Waals surface area contributed by atoms with Crippen LogP contribution in [0.5, 0.6) is 0 Å². The third-order valence-electron chi connectivity index (χ3n) is 2.68. The summed E-state index contributed by atoms with van der Waals surface area (Å²) in [5.41, 5.74) is 2.68. The summed E-state index contributed by atoms with van der Waals surface area (Å²) in [7, 11) is 6.13. The normalized spacial score (nSPS) is 10.3. The van der Waals surface area contributed by atoms with Crippen molar-refractivity contribution in [3.05, 3.63) is 53.0 Å². The van der Waals surface area contributed by atoms with Crippen LogP contribution in [0.1, 0.15) is 11.1 Å². The highest BCUT2D eigenvalue weighted by atomic mass is 79.9. The Balaban J connectivity index is 3.04. The molecule has 2 heteroatoms. The van der Waals surface area contributed by atoms with E-state index in [9.17, 15) is 0 Å². The maximum atomic E-state index is 6.13. The molecule has 16 heavy (non-hydrogen) atoms. The summed E-state index contributed by atoms with van der Waals surface area (Å²) in [6.07, 6.45) is 3.56. The Kier molecular flexibility index (Phi) is 3.02. The maximum absolute atomic E-state index is 6.13. The van der Waals surface area contributed by atoms with E-state index < -0.39 is 0 Å². The van der Waals surface area contributed by atoms with E-state index in [1.54, 1.807) is 12.2 Å². The second-order valence-electron chi connectivity index (χ2n) is 3.51. The van der Waals surface area contributed by atoms with E-state index in [1.165, 1.54) is 0 Å². The average molecular weight is 269 g/mol. The monoisotopic (exact) mass is 268 g/mol. The predicted molar refractivity (Wildman–Crippen MR) is 77.2 cm³/mol. The molecule has 0 aromatic heterocycles. The van der Waals surface area contributed by atoms with Crippen molar-refractivity contribution < 1.29 is 0 Å². The van der Waals surface area contributed by atoms with Crippen molar-refractivity contribution in [2.75, 3.05) is 0 Å². The molecule has 0 N–H and O–H groups in total. The van der Waals surface area contributed by atoms with E-state index in [1.807, 2.05) is 24.3 Å². The summed E-state index contributed by atoms with van der Waals surface area (Å²) in [6, 6.07) is 8.02. The first kappa shape index (κ1) is 11.2. The molecule has 0 atom stereocenters. The van der Waals surface area contributed by atoms with Gasteiger partial charge in [0.2, 0.25) is 0 Å². The molecule has 0 heterocycles. The van der Waals surface area contributed by atoms with Crippen molar-refractivity contribution in [3.8, 4) is 0 Å². The second kappa shape index (κ2) is 4.30. The molecule has 0 bridgehead atoms. The Hall–Kier alpha value is -1.28. The highest BCUT2D eigenvalue weighted by molar-refractivity contribution is 9.10. The molecule has 0 aliphatic carbocycles.